The van der Waals surface area contributed by atoms with Crippen LogP contribution in [0, 0.1) is 5.41 Å². The van der Waals surface area contributed by atoms with Gasteiger partial charge >= 0.3 is 5.97 Å². The van der Waals surface area contributed by atoms with Crippen LogP contribution in [-0.2, 0) is 14.3 Å². The minimum atomic E-state index is -1.01. The molecule has 0 bridgehead atoms. The fraction of sp³-hybridized carbons (Fsp3) is 0.846. The predicted octanol–water partition coefficient (Wildman–Crippen LogP) is 2.08. The van der Waals surface area contributed by atoms with E-state index in [1.54, 1.807) is 41.5 Å². The van der Waals surface area contributed by atoms with Gasteiger partial charge in [0.1, 0.15) is 11.4 Å². The summed E-state index contributed by atoms with van der Waals surface area (Å²) in [5.74, 6) is -0.546. The van der Waals surface area contributed by atoms with Crippen molar-refractivity contribution in [1.29, 1.82) is 0 Å². The van der Waals surface area contributed by atoms with Crippen molar-refractivity contribution in [2.45, 2.75) is 66.1 Å². The second-order valence-electron chi connectivity index (χ2n) is 5.80. The summed E-state index contributed by atoms with van der Waals surface area (Å²) in [6.07, 6.45) is -0.821. The van der Waals surface area contributed by atoms with Crippen LogP contribution in [0.25, 0.3) is 0 Å². The SMILES string of the molecule is CCC(=O)C(C)(C)[C@@H](O)CC(=O)OC(C)(C)C. The van der Waals surface area contributed by atoms with Gasteiger partial charge in [-0.05, 0) is 20.8 Å². The smallest absolute Gasteiger partial charge is 0.308 e. The summed E-state index contributed by atoms with van der Waals surface area (Å²) in [7, 11) is 0. The second kappa shape index (κ2) is 5.63. The lowest BCUT2D eigenvalue weighted by atomic mass is 9.79. The van der Waals surface area contributed by atoms with Crippen molar-refractivity contribution in [2.75, 3.05) is 0 Å². The maximum absolute atomic E-state index is 11.6. The number of aliphatic hydroxyl groups is 1. The van der Waals surface area contributed by atoms with E-state index < -0.39 is 23.1 Å². The topological polar surface area (TPSA) is 63.6 Å². The van der Waals surface area contributed by atoms with Gasteiger partial charge in [0.2, 0.25) is 0 Å². The third-order valence-electron chi connectivity index (χ3n) is 2.65. The number of carbonyl (C=O) groups excluding carboxylic acids is 2. The molecule has 0 fully saturated rings. The Morgan fingerprint density at radius 1 is 1.18 bits per heavy atom. The number of ketones is 1. The van der Waals surface area contributed by atoms with Crippen molar-refractivity contribution < 1.29 is 19.4 Å². The van der Waals surface area contributed by atoms with Gasteiger partial charge in [0.05, 0.1) is 12.5 Å². The van der Waals surface area contributed by atoms with Gasteiger partial charge in [0.15, 0.2) is 0 Å². The van der Waals surface area contributed by atoms with E-state index in [1.807, 2.05) is 0 Å². The first-order valence-corrected chi connectivity index (χ1v) is 5.94. The number of hydrogen-bond acceptors (Lipinski definition) is 4. The lowest BCUT2D eigenvalue weighted by Crippen LogP contribution is -2.39. The van der Waals surface area contributed by atoms with Crippen LogP contribution >= 0.6 is 0 Å². The third-order valence-corrected chi connectivity index (χ3v) is 2.65. The van der Waals surface area contributed by atoms with Gasteiger partial charge in [-0.15, -0.1) is 0 Å². The highest BCUT2D eigenvalue weighted by Crippen LogP contribution is 2.26. The molecule has 17 heavy (non-hydrogen) atoms. The van der Waals surface area contributed by atoms with E-state index >= 15 is 0 Å². The van der Waals surface area contributed by atoms with Gasteiger partial charge in [0, 0.05) is 11.8 Å². The van der Waals surface area contributed by atoms with Crippen LogP contribution in [0.15, 0.2) is 0 Å². The molecule has 0 aromatic heterocycles. The molecule has 0 heterocycles. The highest BCUT2D eigenvalue weighted by Gasteiger charge is 2.36. The number of esters is 1. The summed E-state index contributed by atoms with van der Waals surface area (Å²) in [6, 6.07) is 0. The quantitative estimate of drug-likeness (QED) is 0.752. The van der Waals surface area contributed by atoms with Crippen LogP contribution in [0.4, 0.5) is 0 Å². The molecule has 100 valence electrons. The van der Waals surface area contributed by atoms with Crippen molar-refractivity contribution in [1.82, 2.24) is 0 Å². The zero-order chi connectivity index (χ0) is 13.9. The van der Waals surface area contributed by atoms with E-state index in [1.165, 1.54) is 0 Å². The Morgan fingerprint density at radius 2 is 1.65 bits per heavy atom. The number of ether oxygens (including phenoxy) is 1. The van der Waals surface area contributed by atoms with Crippen LogP contribution in [-0.4, -0.2) is 28.6 Å². The molecule has 0 aromatic rings. The molecule has 0 saturated heterocycles. The standard InChI is InChI=1S/C13H24O4/c1-7-9(14)13(5,6)10(15)8-11(16)17-12(2,3)4/h10,15H,7-8H2,1-6H3/t10-/m0/s1. The molecule has 0 aromatic carbocycles. The Bertz CT molecular complexity index is 286. The average Bonchev–Trinajstić information content (AvgIpc) is 2.12. The van der Waals surface area contributed by atoms with Crippen LogP contribution in [0.1, 0.15) is 54.4 Å². The number of aliphatic hydroxyl groups excluding tert-OH is 1. The molecule has 0 radical (unpaired) electrons. The van der Waals surface area contributed by atoms with E-state index in [0.29, 0.717) is 6.42 Å². The third kappa shape index (κ3) is 5.31. The first kappa shape index (κ1) is 16.1. The van der Waals surface area contributed by atoms with Crippen LogP contribution in [0.5, 0.6) is 0 Å². The molecule has 0 saturated carbocycles. The summed E-state index contributed by atoms with van der Waals surface area (Å²) < 4.78 is 5.11. The molecule has 4 heteroatoms. The van der Waals surface area contributed by atoms with Crippen LogP contribution < -0.4 is 0 Å². The average molecular weight is 244 g/mol. The van der Waals surface area contributed by atoms with Gasteiger partial charge in [-0.25, -0.2) is 0 Å². The molecule has 0 amide bonds. The van der Waals surface area contributed by atoms with E-state index in [4.69, 9.17) is 4.74 Å². The summed E-state index contributed by atoms with van der Waals surface area (Å²) in [4.78, 5) is 23.2. The predicted molar refractivity (Wildman–Crippen MR) is 65.5 cm³/mol. The molecule has 1 N–H and O–H groups in total. The van der Waals surface area contributed by atoms with Crippen molar-refractivity contribution in [3.8, 4) is 0 Å². The molecule has 0 aliphatic rings. The number of rotatable bonds is 5. The Hall–Kier alpha value is -0.900. The van der Waals surface area contributed by atoms with E-state index in [2.05, 4.69) is 0 Å². The molecule has 0 aliphatic heterocycles. The number of carbonyl (C=O) groups is 2. The highest BCUT2D eigenvalue weighted by molar-refractivity contribution is 5.85. The summed E-state index contributed by atoms with van der Waals surface area (Å²) in [5, 5.41) is 9.92. The lowest BCUT2D eigenvalue weighted by molar-refractivity contribution is -0.159. The number of Topliss-reactive ketones (excluding diaryl/α,β-unsaturated/α-hetero) is 1. The maximum atomic E-state index is 11.6. The largest absolute Gasteiger partial charge is 0.460 e. The number of hydrogen-bond donors (Lipinski definition) is 1. The molecule has 0 aliphatic carbocycles. The zero-order valence-corrected chi connectivity index (χ0v) is 11.7. The molecule has 0 unspecified atom stereocenters. The normalized spacial score (nSPS) is 14.3. The molecule has 0 spiro atoms. The molecule has 1 atom stereocenters. The molecular formula is C13H24O4. The Labute approximate surface area is 103 Å². The van der Waals surface area contributed by atoms with Gasteiger partial charge in [-0.2, -0.15) is 0 Å². The van der Waals surface area contributed by atoms with E-state index in [-0.39, 0.29) is 12.2 Å². The van der Waals surface area contributed by atoms with Crippen molar-refractivity contribution in [2.24, 2.45) is 5.41 Å². The monoisotopic (exact) mass is 244 g/mol. The van der Waals surface area contributed by atoms with Crippen LogP contribution in [0.2, 0.25) is 0 Å². The first-order chi connectivity index (χ1) is 7.50. The van der Waals surface area contributed by atoms with E-state index in [0.717, 1.165) is 0 Å². The van der Waals surface area contributed by atoms with Gasteiger partial charge in [-0.1, -0.05) is 20.8 Å². The van der Waals surface area contributed by atoms with Gasteiger partial charge < -0.3 is 9.84 Å². The second-order valence-corrected chi connectivity index (χ2v) is 5.80. The molecule has 4 nitrogen and oxygen atoms in total. The maximum Gasteiger partial charge on any atom is 0.308 e. The fourth-order valence-corrected chi connectivity index (χ4v) is 1.44. The van der Waals surface area contributed by atoms with E-state index in [9.17, 15) is 14.7 Å². The summed E-state index contributed by atoms with van der Waals surface area (Å²) in [5.41, 5.74) is -1.48. The summed E-state index contributed by atoms with van der Waals surface area (Å²) >= 11 is 0. The first-order valence-electron chi connectivity index (χ1n) is 5.94. The van der Waals surface area contributed by atoms with Gasteiger partial charge in [0.25, 0.3) is 0 Å². The molecule has 0 rings (SSSR count). The summed E-state index contributed by atoms with van der Waals surface area (Å²) in [6.45, 7) is 10.3. The Balaban J connectivity index is 4.49. The Kier molecular flexibility index (Phi) is 5.33. The minimum Gasteiger partial charge on any atom is -0.460 e. The van der Waals surface area contributed by atoms with Gasteiger partial charge in [-0.3, -0.25) is 9.59 Å². The molecular weight excluding hydrogens is 220 g/mol. The zero-order valence-electron chi connectivity index (χ0n) is 11.7. The fourth-order valence-electron chi connectivity index (χ4n) is 1.44. The minimum absolute atomic E-state index is 0.0615. The lowest BCUT2D eigenvalue weighted by Gasteiger charge is -2.29. The van der Waals surface area contributed by atoms with Crippen molar-refractivity contribution >= 4 is 11.8 Å². The van der Waals surface area contributed by atoms with Crippen molar-refractivity contribution in [3.05, 3.63) is 0 Å². The Morgan fingerprint density at radius 3 is 2.00 bits per heavy atom. The highest BCUT2D eigenvalue weighted by atomic mass is 16.6. The van der Waals surface area contributed by atoms with Crippen LogP contribution in [0.3, 0.4) is 0 Å². The van der Waals surface area contributed by atoms with Crippen molar-refractivity contribution in [3.63, 3.8) is 0 Å².